The topological polar surface area (TPSA) is 57.2 Å². The van der Waals surface area contributed by atoms with Crippen LogP contribution in [-0.2, 0) is 14.9 Å². The summed E-state index contributed by atoms with van der Waals surface area (Å²) in [6.07, 6.45) is 0. The Labute approximate surface area is 151 Å². The lowest BCUT2D eigenvalue weighted by Gasteiger charge is -2.23. The summed E-state index contributed by atoms with van der Waals surface area (Å²) >= 11 is 0. The monoisotopic (exact) mass is 353 g/mol. The Morgan fingerprint density at radius 3 is 2.73 bits per heavy atom. The third-order valence-electron chi connectivity index (χ3n) is 5.31. The molecule has 5 rings (SSSR count). The van der Waals surface area contributed by atoms with Crippen molar-refractivity contribution in [3.8, 4) is 17.2 Å². The second-order valence-electron chi connectivity index (χ2n) is 6.57. The first-order chi connectivity index (χ1) is 12.8. The minimum absolute atomic E-state index is 0.0241. The maximum absolute atomic E-state index is 13.6. The van der Waals surface area contributed by atoms with Crippen molar-refractivity contribution >= 4 is 11.6 Å². The summed E-state index contributed by atoms with van der Waals surface area (Å²) in [5.41, 5.74) is 1.91. The molecule has 0 radical (unpaired) electrons. The average Bonchev–Trinajstić information content (AvgIpc) is 3.33. The molecule has 2 aromatic carbocycles. The SMILES string of the molecule is CCOCCN1C(=O)C2(COc3cc4c(cc32)OCO4)c2ccccc21. The normalized spacial score (nSPS) is 21.9. The van der Waals surface area contributed by atoms with E-state index < -0.39 is 5.41 Å². The molecule has 134 valence electrons. The first kappa shape index (κ1) is 15.5. The van der Waals surface area contributed by atoms with Crippen LogP contribution in [0.5, 0.6) is 17.2 Å². The molecule has 6 heteroatoms. The number of ether oxygens (including phenoxy) is 4. The molecule has 3 heterocycles. The number of hydrogen-bond donors (Lipinski definition) is 0. The Hall–Kier alpha value is -2.73. The largest absolute Gasteiger partial charge is 0.491 e. The molecule has 0 bridgehead atoms. The third-order valence-corrected chi connectivity index (χ3v) is 5.31. The second kappa shape index (κ2) is 5.64. The Morgan fingerprint density at radius 1 is 1.08 bits per heavy atom. The molecule has 1 atom stereocenters. The van der Waals surface area contributed by atoms with E-state index in [1.807, 2.05) is 48.2 Å². The fourth-order valence-corrected chi connectivity index (χ4v) is 4.09. The zero-order chi connectivity index (χ0) is 17.7. The smallest absolute Gasteiger partial charge is 0.245 e. The van der Waals surface area contributed by atoms with E-state index in [9.17, 15) is 4.79 Å². The summed E-state index contributed by atoms with van der Waals surface area (Å²) < 4.78 is 22.4. The Morgan fingerprint density at radius 2 is 1.88 bits per heavy atom. The zero-order valence-corrected chi connectivity index (χ0v) is 14.5. The first-order valence-corrected chi connectivity index (χ1v) is 8.82. The summed E-state index contributed by atoms with van der Waals surface area (Å²) in [6.45, 7) is 4.07. The van der Waals surface area contributed by atoms with Gasteiger partial charge in [0.15, 0.2) is 11.5 Å². The van der Waals surface area contributed by atoms with Crippen LogP contribution in [0.4, 0.5) is 5.69 Å². The predicted molar refractivity (Wildman–Crippen MR) is 94.1 cm³/mol. The van der Waals surface area contributed by atoms with Crippen molar-refractivity contribution in [1.29, 1.82) is 0 Å². The summed E-state index contributed by atoms with van der Waals surface area (Å²) in [7, 11) is 0. The van der Waals surface area contributed by atoms with Gasteiger partial charge in [-0.1, -0.05) is 18.2 Å². The van der Waals surface area contributed by atoms with Crippen LogP contribution in [0.3, 0.4) is 0 Å². The van der Waals surface area contributed by atoms with Crippen LogP contribution in [0.25, 0.3) is 0 Å². The maximum Gasteiger partial charge on any atom is 0.245 e. The van der Waals surface area contributed by atoms with E-state index in [0.29, 0.717) is 37.0 Å². The zero-order valence-electron chi connectivity index (χ0n) is 14.5. The van der Waals surface area contributed by atoms with Crippen LogP contribution in [-0.4, -0.2) is 39.1 Å². The van der Waals surface area contributed by atoms with Gasteiger partial charge in [0.2, 0.25) is 12.7 Å². The number of benzene rings is 2. The highest BCUT2D eigenvalue weighted by Crippen LogP contribution is 2.54. The van der Waals surface area contributed by atoms with Gasteiger partial charge in [0.25, 0.3) is 0 Å². The van der Waals surface area contributed by atoms with E-state index in [0.717, 1.165) is 16.8 Å². The van der Waals surface area contributed by atoms with Crippen LogP contribution < -0.4 is 19.1 Å². The molecule has 0 aromatic heterocycles. The van der Waals surface area contributed by atoms with E-state index in [1.165, 1.54) is 0 Å². The Kier molecular flexibility index (Phi) is 3.37. The van der Waals surface area contributed by atoms with Gasteiger partial charge in [0.05, 0.1) is 6.61 Å². The Balaban J connectivity index is 1.63. The average molecular weight is 353 g/mol. The molecule has 0 saturated heterocycles. The summed E-state index contributed by atoms with van der Waals surface area (Å²) in [5.74, 6) is 2.03. The van der Waals surface area contributed by atoms with Crippen LogP contribution >= 0.6 is 0 Å². The molecule has 0 fully saturated rings. The fourth-order valence-electron chi connectivity index (χ4n) is 4.09. The van der Waals surface area contributed by atoms with Gasteiger partial charge in [0, 0.05) is 30.5 Å². The second-order valence-corrected chi connectivity index (χ2v) is 6.57. The lowest BCUT2D eigenvalue weighted by atomic mass is 9.77. The van der Waals surface area contributed by atoms with E-state index >= 15 is 0 Å². The van der Waals surface area contributed by atoms with Gasteiger partial charge in [-0.05, 0) is 24.6 Å². The van der Waals surface area contributed by atoms with Crippen molar-refractivity contribution in [2.75, 3.05) is 38.1 Å². The molecule has 1 unspecified atom stereocenters. The number of rotatable bonds is 4. The van der Waals surface area contributed by atoms with Gasteiger partial charge in [-0.25, -0.2) is 0 Å². The molecule has 6 nitrogen and oxygen atoms in total. The van der Waals surface area contributed by atoms with Gasteiger partial charge in [-0.15, -0.1) is 0 Å². The Bertz CT molecular complexity index is 896. The molecule has 3 aliphatic rings. The predicted octanol–water partition coefficient (Wildman–Crippen LogP) is 2.48. The molecule has 26 heavy (non-hydrogen) atoms. The lowest BCUT2D eigenvalue weighted by molar-refractivity contribution is -0.122. The van der Waals surface area contributed by atoms with Crippen molar-refractivity contribution in [3.63, 3.8) is 0 Å². The van der Waals surface area contributed by atoms with Crippen LogP contribution in [0.15, 0.2) is 36.4 Å². The van der Waals surface area contributed by atoms with E-state index in [2.05, 4.69) is 0 Å². The van der Waals surface area contributed by atoms with Gasteiger partial charge in [-0.2, -0.15) is 0 Å². The van der Waals surface area contributed by atoms with Crippen molar-refractivity contribution in [1.82, 2.24) is 0 Å². The number of hydrogen-bond acceptors (Lipinski definition) is 5. The first-order valence-electron chi connectivity index (χ1n) is 8.82. The lowest BCUT2D eigenvalue weighted by Crippen LogP contribution is -2.43. The number of fused-ring (bicyclic) bond motifs is 5. The van der Waals surface area contributed by atoms with Crippen molar-refractivity contribution in [2.45, 2.75) is 12.3 Å². The highest BCUT2D eigenvalue weighted by atomic mass is 16.7. The van der Waals surface area contributed by atoms with E-state index in [-0.39, 0.29) is 19.3 Å². The minimum atomic E-state index is -0.834. The standard InChI is InChI=1S/C20H19NO5/c1-2-23-8-7-21-15-6-4-3-5-13(15)20(19(21)22)11-24-16-10-18-17(9-14(16)20)25-12-26-18/h3-6,9-10H,2,7-8,11-12H2,1H3. The highest BCUT2D eigenvalue weighted by Gasteiger charge is 2.57. The van der Waals surface area contributed by atoms with E-state index in [1.54, 1.807) is 0 Å². The molecule has 0 aliphatic carbocycles. The molecular formula is C20H19NO5. The quantitative estimate of drug-likeness (QED) is 0.791. The molecule has 1 spiro atoms. The van der Waals surface area contributed by atoms with Crippen LogP contribution in [0.2, 0.25) is 0 Å². The highest BCUT2D eigenvalue weighted by molar-refractivity contribution is 6.11. The van der Waals surface area contributed by atoms with Crippen LogP contribution in [0, 0.1) is 0 Å². The van der Waals surface area contributed by atoms with Crippen molar-refractivity contribution < 1.29 is 23.7 Å². The molecule has 2 aromatic rings. The number of carbonyl (C=O) groups excluding carboxylic acids is 1. The van der Waals surface area contributed by atoms with Gasteiger partial charge >= 0.3 is 0 Å². The molecular weight excluding hydrogens is 334 g/mol. The molecule has 3 aliphatic heterocycles. The fraction of sp³-hybridized carbons (Fsp3) is 0.350. The van der Waals surface area contributed by atoms with Crippen LogP contribution in [0.1, 0.15) is 18.1 Å². The summed E-state index contributed by atoms with van der Waals surface area (Å²) in [4.78, 5) is 15.4. The van der Waals surface area contributed by atoms with Crippen molar-refractivity contribution in [2.24, 2.45) is 0 Å². The number of carbonyl (C=O) groups is 1. The molecule has 0 saturated carbocycles. The number of nitrogens with zero attached hydrogens (tertiary/aromatic N) is 1. The van der Waals surface area contributed by atoms with Gasteiger partial charge < -0.3 is 23.8 Å². The number of para-hydroxylation sites is 1. The van der Waals surface area contributed by atoms with E-state index in [4.69, 9.17) is 18.9 Å². The third kappa shape index (κ3) is 1.93. The minimum Gasteiger partial charge on any atom is -0.491 e. The number of amides is 1. The van der Waals surface area contributed by atoms with Gasteiger partial charge in [0.1, 0.15) is 17.8 Å². The molecule has 0 N–H and O–H groups in total. The summed E-state index contributed by atoms with van der Waals surface area (Å²) in [6, 6.07) is 11.6. The van der Waals surface area contributed by atoms with Crippen molar-refractivity contribution in [3.05, 3.63) is 47.5 Å². The molecule has 1 amide bonds. The summed E-state index contributed by atoms with van der Waals surface area (Å²) in [5, 5.41) is 0. The number of anilines is 1. The maximum atomic E-state index is 13.6. The van der Waals surface area contributed by atoms with Gasteiger partial charge in [-0.3, -0.25) is 4.79 Å².